The van der Waals surface area contributed by atoms with Crippen LogP contribution in [0.1, 0.15) is 31.1 Å². The summed E-state index contributed by atoms with van der Waals surface area (Å²) >= 11 is 1.25. The van der Waals surface area contributed by atoms with E-state index in [9.17, 15) is 21.6 Å². The van der Waals surface area contributed by atoms with Gasteiger partial charge in [0.1, 0.15) is 4.21 Å². The number of hydrogen-bond acceptors (Lipinski definition) is 6. The number of amides is 1. The summed E-state index contributed by atoms with van der Waals surface area (Å²) in [5.74, 6) is -0.309. The summed E-state index contributed by atoms with van der Waals surface area (Å²) in [4.78, 5) is 15.6. The molecule has 1 aromatic rings. The van der Waals surface area contributed by atoms with Gasteiger partial charge in [-0.3, -0.25) is 4.79 Å². The van der Waals surface area contributed by atoms with Crippen LogP contribution in [0.15, 0.2) is 16.3 Å². The van der Waals surface area contributed by atoms with Crippen LogP contribution in [0.4, 0.5) is 0 Å². The molecule has 0 aliphatic carbocycles. The number of hydrogen-bond donors (Lipinski definition) is 0. The number of nitrogens with zero attached hydrogens (tertiary/aromatic N) is 3. The van der Waals surface area contributed by atoms with Crippen molar-refractivity contribution in [2.45, 2.75) is 37.3 Å². The first-order chi connectivity index (χ1) is 13.6. The minimum absolute atomic E-state index is 0.0644. The lowest BCUT2D eigenvalue weighted by Gasteiger charge is -2.38. The molecule has 0 bridgehead atoms. The molecule has 2 aliphatic rings. The van der Waals surface area contributed by atoms with Gasteiger partial charge in [-0.15, -0.1) is 11.3 Å². The predicted octanol–water partition coefficient (Wildman–Crippen LogP) is 1.34. The zero-order valence-corrected chi connectivity index (χ0v) is 19.4. The van der Waals surface area contributed by atoms with Gasteiger partial charge >= 0.3 is 0 Å². The van der Waals surface area contributed by atoms with Gasteiger partial charge in [0.05, 0.1) is 11.7 Å². The fraction of sp³-hybridized carbons (Fsp3) is 0.722. The Morgan fingerprint density at radius 2 is 1.76 bits per heavy atom. The van der Waals surface area contributed by atoms with E-state index in [1.807, 2.05) is 13.8 Å². The van der Waals surface area contributed by atoms with E-state index in [0.29, 0.717) is 43.1 Å². The highest BCUT2D eigenvalue weighted by molar-refractivity contribution is 7.91. The lowest BCUT2D eigenvalue weighted by Crippen LogP contribution is -2.54. The van der Waals surface area contributed by atoms with Crippen LogP contribution in [-0.4, -0.2) is 81.3 Å². The van der Waals surface area contributed by atoms with Crippen molar-refractivity contribution in [3.8, 4) is 0 Å². The molecule has 0 saturated carbocycles. The highest BCUT2D eigenvalue weighted by atomic mass is 32.2. The molecule has 1 atom stereocenters. The molecular formula is C18H29N3O5S3. The van der Waals surface area contributed by atoms with E-state index in [4.69, 9.17) is 0 Å². The van der Waals surface area contributed by atoms with Gasteiger partial charge in [-0.05, 0) is 38.3 Å². The second-order valence-corrected chi connectivity index (χ2v) is 13.1. The van der Waals surface area contributed by atoms with Crippen LogP contribution >= 0.6 is 11.3 Å². The number of aryl methyl sites for hydroxylation is 1. The monoisotopic (exact) mass is 463 g/mol. The molecule has 8 nitrogen and oxygen atoms in total. The number of thiophene rings is 1. The molecule has 2 fully saturated rings. The van der Waals surface area contributed by atoms with E-state index in [1.165, 1.54) is 19.9 Å². The van der Waals surface area contributed by atoms with Gasteiger partial charge in [0.15, 0.2) is 0 Å². The first-order valence-corrected chi connectivity index (χ1v) is 13.8. The van der Waals surface area contributed by atoms with Crippen LogP contribution in [0.3, 0.4) is 0 Å². The standard InChI is InChI=1S/C18H29N3O5S3/c1-3-13-28(23,24)21-8-4-5-16(14-21)18(22)19-9-11-20(12-10-19)29(25,26)17-7-6-15(2)27-17/h6-7,16H,3-5,8-14H2,1-2H3/t16-/m0/s1. The van der Waals surface area contributed by atoms with Crippen molar-refractivity contribution in [3.05, 3.63) is 17.0 Å². The lowest BCUT2D eigenvalue weighted by atomic mass is 9.98. The molecule has 1 aromatic heterocycles. The Labute approximate surface area is 177 Å². The Hall–Kier alpha value is -1.01. The maximum Gasteiger partial charge on any atom is 0.252 e. The maximum atomic E-state index is 13.0. The third-order valence-electron chi connectivity index (χ3n) is 5.45. The van der Waals surface area contributed by atoms with Crippen LogP contribution in [-0.2, 0) is 24.8 Å². The Morgan fingerprint density at radius 1 is 1.07 bits per heavy atom. The van der Waals surface area contributed by atoms with Crippen molar-refractivity contribution < 1.29 is 21.6 Å². The summed E-state index contributed by atoms with van der Waals surface area (Å²) in [5.41, 5.74) is 0. The average molecular weight is 464 g/mol. The van der Waals surface area contributed by atoms with Crippen LogP contribution in [0, 0.1) is 12.8 Å². The Kier molecular flexibility index (Phi) is 7.04. The molecule has 29 heavy (non-hydrogen) atoms. The summed E-state index contributed by atoms with van der Waals surface area (Å²) in [7, 11) is -6.83. The van der Waals surface area contributed by atoms with Gasteiger partial charge in [-0.25, -0.2) is 21.1 Å². The second kappa shape index (κ2) is 9.01. The molecule has 2 saturated heterocycles. The van der Waals surface area contributed by atoms with E-state index in [2.05, 4.69) is 0 Å². The molecule has 0 unspecified atom stereocenters. The van der Waals surface area contributed by atoms with Crippen molar-refractivity contribution in [1.82, 2.24) is 13.5 Å². The van der Waals surface area contributed by atoms with Crippen LogP contribution in [0.2, 0.25) is 0 Å². The molecular weight excluding hydrogens is 434 g/mol. The number of carbonyl (C=O) groups excluding carboxylic acids is 1. The lowest BCUT2D eigenvalue weighted by molar-refractivity contribution is -0.137. The molecule has 0 N–H and O–H groups in total. The van der Waals surface area contributed by atoms with Gasteiger partial charge in [0.2, 0.25) is 15.9 Å². The van der Waals surface area contributed by atoms with Gasteiger partial charge in [0.25, 0.3) is 10.0 Å². The summed E-state index contributed by atoms with van der Waals surface area (Å²) in [6, 6.07) is 3.42. The van der Waals surface area contributed by atoms with Crippen molar-refractivity contribution in [2.75, 3.05) is 45.0 Å². The van der Waals surface area contributed by atoms with E-state index in [1.54, 1.807) is 17.0 Å². The largest absolute Gasteiger partial charge is 0.340 e. The molecule has 3 heterocycles. The molecule has 0 radical (unpaired) electrons. The molecule has 3 rings (SSSR count). The van der Waals surface area contributed by atoms with Crippen molar-refractivity contribution in [2.24, 2.45) is 5.92 Å². The minimum atomic E-state index is -3.52. The van der Waals surface area contributed by atoms with Crippen LogP contribution in [0.25, 0.3) is 0 Å². The van der Waals surface area contributed by atoms with E-state index >= 15 is 0 Å². The highest BCUT2D eigenvalue weighted by Crippen LogP contribution is 2.26. The van der Waals surface area contributed by atoms with E-state index < -0.39 is 20.0 Å². The number of sulfonamides is 2. The fourth-order valence-electron chi connectivity index (χ4n) is 3.87. The summed E-state index contributed by atoms with van der Waals surface area (Å²) < 4.78 is 53.4. The van der Waals surface area contributed by atoms with Crippen LogP contribution < -0.4 is 0 Å². The second-order valence-electron chi connectivity index (χ2n) is 7.61. The topological polar surface area (TPSA) is 95.1 Å². The van der Waals surface area contributed by atoms with Crippen molar-refractivity contribution >= 4 is 37.3 Å². The smallest absolute Gasteiger partial charge is 0.252 e. The number of carbonyl (C=O) groups is 1. The van der Waals surface area contributed by atoms with E-state index in [0.717, 1.165) is 4.88 Å². The average Bonchev–Trinajstić information content (AvgIpc) is 3.15. The number of piperidine rings is 1. The van der Waals surface area contributed by atoms with E-state index in [-0.39, 0.29) is 37.2 Å². The number of piperazine rings is 1. The number of rotatable bonds is 6. The van der Waals surface area contributed by atoms with Gasteiger partial charge in [-0.2, -0.15) is 4.31 Å². The molecule has 1 amide bonds. The summed E-state index contributed by atoms with van der Waals surface area (Å²) in [6.45, 7) is 5.59. The maximum absolute atomic E-state index is 13.0. The predicted molar refractivity (Wildman–Crippen MR) is 113 cm³/mol. The zero-order valence-electron chi connectivity index (χ0n) is 16.9. The van der Waals surface area contributed by atoms with Gasteiger partial charge in [0, 0.05) is 44.1 Å². The Balaban J connectivity index is 1.60. The first-order valence-electron chi connectivity index (χ1n) is 9.98. The third kappa shape index (κ3) is 5.01. The molecule has 0 spiro atoms. The molecule has 11 heteroatoms. The molecule has 0 aromatic carbocycles. The fourth-order valence-corrected chi connectivity index (χ4v) is 8.32. The third-order valence-corrected chi connectivity index (χ3v) is 10.9. The molecule has 2 aliphatic heterocycles. The zero-order chi connectivity index (χ0) is 21.2. The normalized spacial score (nSPS) is 22.7. The first kappa shape index (κ1) is 22.7. The minimum Gasteiger partial charge on any atom is -0.340 e. The highest BCUT2D eigenvalue weighted by Gasteiger charge is 2.36. The van der Waals surface area contributed by atoms with Crippen molar-refractivity contribution in [1.29, 1.82) is 0 Å². The quantitative estimate of drug-likeness (QED) is 0.635. The summed E-state index contributed by atoms with van der Waals surface area (Å²) in [5, 5.41) is 0. The van der Waals surface area contributed by atoms with Crippen LogP contribution in [0.5, 0.6) is 0 Å². The summed E-state index contributed by atoms with van der Waals surface area (Å²) in [6.07, 6.45) is 1.90. The van der Waals surface area contributed by atoms with Gasteiger partial charge < -0.3 is 4.90 Å². The van der Waals surface area contributed by atoms with Crippen molar-refractivity contribution in [3.63, 3.8) is 0 Å². The molecule has 164 valence electrons. The SMILES string of the molecule is CCCS(=O)(=O)N1CCC[C@H](C(=O)N2CCN(S(=O)(=O)c3ccc(C)s3)CC2)C1. The van der Waals surface area contributed by atoms with Gasteiger partial charge in [-0.1, -0.05) is 6.92 Å². The Morgan fingerprint density at radius 3 is 2.34 bits per heavy atom. The Bertz CT molecular complexity index is 934.